The Morgan fingerprint density at radius 1 is 0.722 bits per heavy atom. The SMILES string of the molecule is CC(=O)O.CC(=O)O.CC(=O)O.N.O=S(=O)(O)O. The summed E-state index contributed by atoms with van der Waals surface area (Å²) in [5, 5.41) is 22.2. The van der Waals surface area contributed by atoms with Crippen molar-refractivity contribution in [1.29, 1.82) is 0 Å². The number of carboxylic acid groups (broad SMARTS) is 3. The van der Waals surface area contributed by atoms with Crippen LogP contribution in [-0.4, -0.2) is 50.8 Å². The van der Waals surface area contributed by atoms with Gasteiger partial charge >= 0.3 is 10.4 Å². The highest BCUT2D eigenvalue weighted by Gasteiger charge is 1.84. The lowest BCUT2D eigenvalue weighted by molar-refractivity contribution is -0.135. The molecule has 0 unspecified atom stereocenters. The van der Waals surface area contributed by atoms with Crippen molar-refractivity contribution in [3.8, 4) is 0 Å². The maximum atomic E-state index is 9.00. The van der Waals surface area contributed by atoms with Crippen LogP contribution in [0.3, 0.4) is 0 Å². The molecule has 0 aliphatic heterocycles. The van der Waals surface area contributed by atoms with Crippen LogP contribution in [0.25, 0.3) is 0 Å². The molecule has 0 rings (SSSR count). The number of aliphatic carboxylic acids is 3. The van der Waals surface area contributed by atoms with Crippen LogP contribution in [0.4, 0.5) is 0 Å². The average Bonchev–Trinajstić information content (AvgIpc) is 1.73. The van der Waals surface area contributed by atoms with Crippen LogP contribution in [0.2, 0.25) is 0 Å². The number of rotatable bonds is 0. The molecule has 0 heterocycles. The molecule has 112 valence electrons. The maximum absolute atomic E-state index is 9.00. The van der Waals surface area contributed by atoms with Crippen LogP contribution in [-0.2, 0) is 24.8 Å². The summed E-state index contributed by atoms with van der Waals surface area (Å²) >= 11 is 0. The molecule has 12 heteroatoms. The number of carboxylic acids is 3. The van der Waals surface area contributed by atoms with Crippen molar-refractivity contribution in [2.45, 2.75) is 20.8 Å². The molecule has 0 spiro atoms. The van der Waals surface area contributed by atoms with E-state index in [9.17, 15) is 0 Å². The van der Waals surface area contributed by atoms with Crippen LogP contribution in [0.15, 0.2) is 0 Å². The van der Waals surface area contributed by atoms with Gasteiger partial charge in [-0.05, 0) is 0 Å². The van der Waals surface area contributed by atoms with Crippen molar-refractivity contribution >= 4 is 28.3 Å². The van der Waals surface area contributed by atoms with E-state index < -0.39 is 28.3 Å². The highest BCUT2D eigenvalue weighted by molar-refractivity contribution is 7.79. The Bertz CT molecular complexity index is 273. The second-order valence-corrected chi connectivity index (χ2v) is 2.90. The van der Waals surface area contributed by atoms with E-state index in [2.05, 4.69) is 0 Å². The Labute approximate surface area is 103 Å². The first kappa shape index (κ1) is 29.9. The molecular formula is C6H17NO10S. The topological polar surface area (TPSA) is 221 Å². The van der Waals surface area contributed by atoms with E-state index in [1.54, 1.807) is 0 Å². The highest BCUT2D eigenvalue weighted by Crippen LogP contribution is 1.59. The third-order valence-corrected chi connectivity index (χ3v) is 0. The zero-order valence-corrected chi connectivity index (χ0v) is 10.7. The lowest BCUT2D eigenvalue weighted by atomic mass is 10.9. The molecule has 0 atom stereocenters. The normalized spacial score (nSPS) is 7.39. The molecule has 0 bridgehead atoms. The Balaban J connectivity index is -0.0000000412. The van der Waals surface area contributed by atoms with Gasteiger partial charge in [-0.15, -0.1) is 0 Å². The molecule has 0 aromatic heterocycles. The Kier molecular flexibility index (Phi) is 29.2. The highest BCUT2D eigenvalue weighted by atomic mass is 32.3. The summed E-state index contributed by atoms with van der Waals surface area (Å²) in [5.41, 5.74) is 0. The van der Waals surface area contributed by atoms with Crippen LogP contribution >= 0.6 is 0 Å². The fourth-order valence-electron chi connectivity index (χ4n) is 0. The first-order chi connectivity index (χ1) is 7.20. The minimum absolute atomic E-state index is 0. The molecule has 8 N–H and O–H groups in total. The fraction of sp³-hybridized carbons (Fsp3) is 0.500. The fourth-order valence-corrected chi connectivity index (χ4v) is 0. The van der Waals surface area contributed by atoms with Gasteiger partial charge in [0.05, 0.1) is 0 Å². The molecule has 0 aliphatic carbocycles. The lowest BCUT2D eigenvalue weighted by Crippen LogP contribution is -1.89. The predicted octanol–water partition coefficient (Wildman–Crippen LogP) is -0.218. The molecule has 0 saturated heterocycles. The third-order valence-electron chi connectivity index (χ3n) is 0. The number of hydrogen-bond acceptors (Lipinski definition) is 6. The summed E-state index contributed by atoms with van der Waals surface area (Å²) in [4.78, 5) is 27.0. The number of hydrogen-bond donors (Lipinski definition) is 6. The van der Waals surface area contributed by atoms with Crippen molar-refractivity contribution in [2.24, 2.45) is 0 Å². The molecule has 0 radical (unpaired) electrons. The zero-order chi connectivity index (χ0) is 15.2. The van der Waals surface area contributed by atoms with Gasteiger partial charge in [0.15, 0.2) is 0 Å². The Morgan fingerprint density at radius 2 is 0.722 bits per heavy atom. The molecule has 0 amide bonds. The van der Waals surface area contributed by atoms with Gasteiger partial charge < -0.3 is 21.5 Å². The molecule has 0 saturated carbocycles. The van der Waals surface area contributed by atoms with E-state index in [-0.39, 0.29) is 6.15 Å². The van der Waals surface area contributed by atoms with E-state index in [0.29, 0.717) is 0 Å². The van der Waals surface area contributed by atoms with Crippen LogP contribution in [0, 0.1) is 0 Å². The summed E-state index contributed by atoms with van der Waals surface area (Å²) in [7, 11) is -4.67. The summed E-state index contributed by atoms with van der Waals surface area (Å²) < 4.78 is 31.6. The van der Waals surface area contributed by atoms with Gasteiger partial charge in [0.25, 0.3) is 17.9 Å². The van der Waals surface area contributed by atoms with Gasteiger partial charge in [0.1, 0.15) is 0 Å². The monoisotopic (exact) mass is 295 g/mol. The predicted molar refractivity (Wildman–Crippen MR) is 59.1 cm³/mol. The molecule has 18 heavy (non-hydrogen) atoms. The van der Waals surface area contributed by atoms with Gasteiger partial charge in [0, 0.05) is 20.8 Å². The standard InChI is InChI=1S/3C2H4O2.H3N.H2O4S/c3*1-2(3)4;;1-5(2,3)4/h3*1H3,(H,3,4);1H3;(H2,1,2,3,4). The Hall–Kier alpha value is -1.76. The molecule has 0 aromatic carbocycles. The second kappa shape index (κ2) is 17.6. The molecule has 0 fully saturated rings. The largest absolute Gasteiger partial charge is 0.481 e. The van der Waals surface area contributed by atoms with Crippen LogP contribution in [0.1, 0.15) is 20.8 Å². The van der Waals surface area contributed by atoms with Gasteiger partial charge in [0.2, 0.25) is 0 Å². The average molecular weight is 295 g/mol. The van der Waals surface area contributed by atoms with Gasteiger partial charge in [-0.1, -0.05) is 0 Å². The molecular weight excluding hydrogens is 278 g/mol. The lowest BCUT2D eigenvalue weighted by Gasteiger charge is -1.68. The Morgan fingerprint density at radius 3 is 0.722 bits per heavy atom. The smallest absolute Gasteiger partial charge is 0.394 e. The van der Waals surface area contributed by atoms with E-state index in [1.807, 2.05) is 0 Å². The van der Waals surface area contributed by atoms with Crippen molar-refractivity contribution in [3.63, 3.8) is 0 Å². The van der Waals surface area contributed by atoms with Crippen LogP contribution < -0.4 is 6.15 Å². The zero-order valence-electron chi connectivity index (χ0n) is 9.89. The van der Waals surface area contributed by atoms with Gasteiger partial charge in [-0.25, -0.2) is 0 Å². The first-order valence-corrected chi connectivity index (χ1v) is 4.88. The summed E-state index contributed by atoms with van der Waals surface area (Å²) in [6.07, 6.45) is 0. The van der Waals surface area contributed by atoms with Gasteiger partial charge in [-0.2, -0.15) is 8.42 Å². The van der Waals surface area contributed by atoms with Crippen molar-refractivity contribution in [2.75, 3.05) is 0 Å². The van der Waals surface area contributed by atoms with Crippen molar-refractivity contribution in [3.05, 3.63) is 0 Å². The first-order valence-electron chi connectivity index (χ1n) is 3.48. The van der Waals surface area contributed by atoms with Gasteiger partial charge in [-0.3, -0.25) is 23.5 Å². The quantitative estimate of drug-likeness (QED) is 0.320. The summed E-state index contributed by atoms with van der Waals surface area (Å²) in [6, 6.07) is 0. The van der Waals surface area contributed by atoms with E-state index in [4.69, 9.17) is 47.2 Å². The molecule has 11 nitrogen and oxygen atoms in total. The minimum Gasteiger partial charge on any atom is -0.481 e. The van der Waals surface area contributed by atoms with E-state index in [1.165, 1.54) is 0 Å². The van der Waals surface area contributed by atoms with E-state index in [0.717, 1.165) is 20.8 Å². The second-order valence-electron chi connectivity index (χ2n) is 2.00. The molecule has 0 aliphatic rings. The minimum atomic E-state index is -4.67. The maximum Gasteiger partial charge on any atom is 0.394 e. The van der Waals surface area contributed by atoms with Crippen LogP contribution in [0.5, 0.6) is 0 Å². The third kappa shape index (κ3) is 806. The summed E-state index contributed by atoms with van der Waals surface area (Å²) in [6.45, 7) is 3.25. The molecule has 0 aromatic rings. The van der Waals surface area contributed by atoms with E-state index >= 15 is 0 Å². The van der Waals surface area contributed by atoms with Crippen molar-refractivity contribution < 1.29 is 47.2 Å². The number of carbonyl (C=O) groups is 3. The summed E-state index contributed by atoms with van der Waals surface area (Å²) in [5.74, 6) is -2.50. The van der Waals surface area contributed by atoms with Crippen molar-refractivity contribution in [1.82, 2.24) is 6.15 Å².